The van der Waals surface area contributed by atoms with Crippen molar-refractivity contribution in [3.8, 4) is 0 Å². The molecular formula is C22H41N3O6. The molecule has 1 rings (SSSR count). The molecule has 1 atom stereocenters. The third kappa shape index (κ3) is 10.3. The number of hydrogen-bond donors (Lipinski definition) is 2. The van der Waals surface area contributed by atoms with Gasteiger partial charge in [-0.15, -0.1) is 0 Å². The van der Waals surface area contributed by atoms with Crippen molar-refractivity contribution in [1.82, 2.24) is 15.5 Å². The quantitative estimate of drug-likeness (QED) is 0.422. The summed E-state index contributed by atoms with van der Waals surface area (Å²) in [7, 11) is 3.29. The van der Waals surface area contributed by atoms with Crippen LogP contribution in [0.4, 0.5) is 4.79 Å². The molecular weight excluding hydrogens is 402 g/mol. The van der Waals surface area contributed by atoms with Crippen LogP contribution in [-0.4, -0.2) is 82.0 Å². The Morgan fingerprint density at radius 2 is 1.52 bits per heavy atom. The van der Waals surface area contributed by atoms with Gasteiger partial charge in [-0.05, 0) is 52.9 Å². The lowest BCUT2D eigenvalue weighted by atomic mass is 9.82. The van der Waals surface area contributed by atoms with Gasteiger partial charge in [0.2, 0.25) is 11.8 Å². The van der Waals surface area contributed by atoms with Crippen molar-refractivity contribution in [2.45, 2.75) is 64.9 Å². The third-order valence-corrected chi connectivity index (χ3v) is 5.14. The highest BCUT2D eigenvalue weighted by molar-refractivity contribution is 5.90. The van der Waals surface area contributed by atoms with Gasteiger partial charge in [-0.1, -0.05) is 0 Å². The van der Waals surface area contributed by atoms with Gasteiger partial charge in [0.15, 0.2) is 0 Å². The number of rotatable bonds is 13. The Kier molecular flexibility index (Phi) is 11.8. The van der Waals surface area contributed by atoms with E-state index in [1.54, 1.807) is 35.0 Å². The van der Waals surface area contributed by atoms with Gasteiger partial charge < -0.3 is 29.7 Å². The second-order valence-corrected chi connectivity index (χ2v) is 9.11. The summed E-state index contributed by atoms with van der Waals surface area (Å²) in [5.41, 5.74) is -1.57. The number of carbonyl (C=O) groups is 3. The van der Waals surface area contributed by atoms with Crippen molar-refractivity contribution < 1.29 is 28.6 Å². The molecule has 31 heavy (non-hydrogen) atoms. The van der Waals surface area contributed by atoms with E-state index in [0.717, 1.165) is 25.7 Å². The van der Waals surface area contributed by atoms with Crippen molar-refractivity contribution >= 4 is 17.9 Å². The number of unbranched alkanes of at least 4 members (excludes halogenated alkanes) is 2. The maximum Gasteiger partial charge on any atom is 0.410 e. The van der Waals surface area contributed by atoms with Crippen LogP contribution in [0.25, 0.3) is 0 Å². The zero-order chi connectivity index (χ0) is 23.3. The molecule has 0 spiro atoms. The van der Waals surface area contributed by atoms with Crippen molar-refractivity contribution in [1.29, 1.82) is 0 Å². The van der Waals surface area contributed by atoms with Gasteiger partial charge >= 0.3 is 6.09 Å². The first-order valence-corrected chi connectivity index (χ1v) is 11.1. The lowest BCUT2D eigenvalue weighted by Crippen LogP contribution is -2.47. The smallest absolute Gasteiger partial charge is 0.410 e. The lowest BCUT2D eigenvalue weighted by Gasteiger charge is -2.29. The zero-order valence-electron chi connectivity index (χ0n) is 19.9. The summed E-state index contributed by atoms with van der Waals surface area (Å²) in [6, 6.07) is 0. The third-order valence-electron chi connectivity index (χ3n) is 5.14. The van der Waals surface area contributed by atoms with Crippen molar-refractivity contribution in [2.75, 3.05) is 53.6 Å². The fourth-order valence-electron chi connectivity index (χ4n) is 3.49. The number of methoxy groups -OCH3 is 2. The molecule has 1 fully saturated rings. The Bertz CT molecular complexity index is 578. The van der Waals surface area contributed by atoms with Crippen LogP contribution >= 0.6 is 0 Å². The molecule has 0 radical (unpaired) electrons. The zero-order valence-corrected chi connectivity index (χ0v) is 19.9. The van der Waals surface area contributed by atoms with E-state index < -0.39 is 17.1 Å². The average Bonchev–Trinajstić information content (AvgIpc) is 3.11. The van der Waals surface area contributed by atoms with Gasteiger partial charge in [0, 0.05) is 60.0 Å². The standard InChI is InChI=1S/C22H41N3O6/c1-21(2,3)31-20(28)25-13-10-22(17-25,19(27)24-12-7-9-15-30-5)16-18(26)23-11-6-8-14-29-4/h6-17H2,1-5H3,(H,23,26)(H,24,27)/t22-/m0/s1. The van der Waals surface area contributed by atoms with Crippen LogP contribution in [-0.2, 0) is 23.8 Å². The lowest BCUT2D eigenvalue weighted by molar-refractivity contribution is -0.136. The van der Waals surface area contributed by atoms with Crippen LogP contribution in [0.2, 0.25) is 0 Å². The first-order chi connectivity index (χ1) is 14.6. The highest BCUT2D eigenvalue weighted by Crippen LogP contribution is 2.35. The second-order valence-electron chi connectivity index (χ2n) is 9.11. The number of likely N-dealkylation sites (tertiary alicyclic amines) is 1. The van der Waals surface area contributed by atoms with E-state index in [2.05, 4.69) is 10.6 Å². The maximum absolute atomic E-state index is 13.1. The molecule has 0 aliphatic carbocycles. The fourth-order valence-corrected chi connectivity index (χ4v) is 3.49. The SMILES string of the molecule is COCCCCNC(=O)C[C@@]1(C(=O)NCCCCOC)CCN(C(=O)OC(C)(C)C)C1. The summed E-state index contributed by atoms with van der Waals surface area (Å²) in [5, 5.41) is 5.84. The number of nitrogens with one attached hydrogen (secondary N) is 2. The number of amides is 3. The molecule has 1 aliphatic heterocycles. The first kappa shape index (κ1) is 27.2. The molecule has 180 valence electrons. The number of nitrogens with zero attached hydrogens (tertiary/aromatic N) is 1. The summed E-state index contributed by atoms with van der Waals surface area (Å²) in [4.78, 5) is 39.7. The van der Waals surface area contributed by atoms with Crippen LogP contribution in [0.5, 0.6) is 0 Å². The van der Waals surface area contributed by atoms with E-state index in [-0.39, 0.29) is 24.8 Å². The Morgan fingerprint density at radius 3 is 2.06 bits per heavy atom. The molecule has 9 nitrogen and oxygen atoms in total. The Hall–Kier alpha value is -1.87. The van der Waals surface area contributed by atoms with E-state index in [1.807, 2.05) is 0 Å². The minimum absolute atomic E-state index is 0.0421. The molecule has 0 bridgehead atoms. The van der Waals surface area contributed by atoms with Gasteiger partial charge in [-0.3, -0.25) is 9.59 Å². The second kappa shape index (κ2) is 13.5. The summed E-state index contributed by atoms with van der Waals surface area (Å²) in [5.74, 6) is -0.372. The van der Waals surface area contributed by atoms with Crippen molar-refractivity contribution in [2.24, 2.45) is 5.41 Å². The Labute approximate surface area is 186 Å². The molecule has 0 saturated carbocycles. The van der Waals surface area contributed by atoms with Crippen LogP contribution in [0.1, 0.15) is 59.3 Å². The van der Waals surface area contributed by atoms with Gasteiger partial charge in [-0.2, -0.15) is 0 Å². The van der Waals surface area contributed by atoms with E-state index >= 15 is 0 Å². The van der Waals surface area contributed by atoms with Crippen molar-refractivity contribution in [3.63, 3.8) is 0 Å². The van der Waals surface area contributed by atoms with E-state index in [1.165, 1.54) is 4.90 Å². The Morgan fingerprint density at radius 1 is 0.935 bits per heavy atom. The molecule has 1 saturated heterocycles. The van der Waals surface area contributed by atoms with E-state index in [9.17, 15) is 14.4 Å². The van der Waals surface area contributed by atoms with Gasteiger partial charge in [0.25, 0.3) is 0 Å². The van der Waals surface area contributed by atoms with Gasteiger partial charge in [0.05, 0.1) is 5.41 Å². The predicted octanol–water partition coefficient (Wildman–Crippen LogP) is 2.09. The summed E-state index contributed by atoms with van der Waals surface area (Å²) in [6.07, 6.45) is 3.31. The predicted molar refractivity (Wildman–Crippen MR) is 118 cm³/mol. The molecule has 0 unspecified atom stereocenters. The van der Waals surface area contributed by atoms with Gasteiger partial charge in [0.1, 0.15) is 5.60 Å². The largest absolute Gasteiger partial charge is 0.444 e. The minimum atomic E-state index is -0.950. The van der Waals surface area contributed by atoms with Crippen LogP contribution in [0, 0.1) is 5.41 Å². The van der Waals surface area contributed by atoms with Crippen LogP contribution < -0.4 is 10.6 Å². The molecule has 1 heterocycles. The Balaban J connectivity index is 2.72. The molecule has 1 aliphatic rings. The van der Waals surface area contributed by atoms with E-state index in [4.69, 9.17) is 14.2 Å². The summed E-state index contributed by atoms with van der Waals surface area (Å²) >= 11 is 0. The molecule has 0 aromatic carbocycles. The molecule has 9 heteroatoms. The topological polar surface area (TPSA) is 106 Å². The van der Waals surface area contributed by atoms with Crippen LogP contribution in [0.15, 0.2) is 0 Å². The van der Waals surface area contributed by atoms with Gasteiger partial charge in [-0.25, -0.2) is 4.79 Å². The monoisotopic (exact) mass is 443 g/mol. The maximum atomic E-state index is 13.1. The molecule has 0 aromatic rings. The summed E-state index contributed by atoms with van der Waals surface area (Å²) in [6.45, 7) is 8.29. The van der Waals surface area contributed by atoms with Crippen molar-refractivity contribution in [3.05, 3.63) is 0 Å². The van der Waals surface area contributed by atoms with Crippen LogP contribution in [0.3, 0.4) is 0 Å². The fraction of sp³-hybridized carbons (Fsp3) is 0.864. The molecule has 0 aromatic heterocycles. The number of carbonyl (C=O) groups excluding carboxylic acids is 3. The normalized spacial score (nSPS) is 18.7. The van der Waals surface area contributed by atoms with E-state index in [0.29, 0.717) is 39.3 Å². The average molecular weight is 444 g/mol. The minimum Gasteiger partial charge on any atom is -0.444 e. The number of hydrogen-bond acceptors (Lipinski definition) is 6. The highest BCUT2D eigenvalue weighted by Gasteiger charge is 2.48. The molecule has 2 N–H and O–H groups in total. The summed E-state index contributed by atoms with van der Waals surface area (Å²) < 4.78 is 15.5. The first-order valence-electron chi connectivity index (χ1n) is 11.1. The number of ether oxygens (including phenoxy) is 3. The highest BCUT2D eigenvalue weighted by atomic mass is 16.6. The molecule has 3 amide bonds.